The third kappa shape index (κ3) is 2.76. The Morgan fingerprint density at radius 3 is 2.89 bits per heavy atom. The van der Waals surface area contributed by atoms with Crippen LogP contribution in [0.2, 0.25) is 0 Å². The third-order valence-corrected chi connectivity index (χ3v) is 3.22. The van der Waals surface area contributed by atoms with Crippen LogP contribution in [-0.2, 0) is 0 Å². The minimum Gasteiger partial charge on any atom is -0.399 e. The van der Waals surface area contributed by atoms with Gasteiger partial charge in [-0.2, -0.15) is 0 Å². The Morgan fingerprint density at radius 2 is 2.21 bits per heavy atom. The van der Waals surface area contributed by atoms with E-state index < -0.39 is 0 Å². The van der Waals surface area contributed by atoms with Crippen molar-refractivity contribution in [3.63, 3.8) is 0 Å². The van der Waals surface area contributed by atoms with E-state index in [1.807, 2.05) is 24.4 Å². The van der Waals surface area contributed by atoms with Crippen LogP contribution < -0.4 is 5.73 Å². The number of nitrogens with zero attached hydrogens (tertiary/aromatic N) is 2. The molecule has 3 nitrogen and oxygen atoms in total. The van der Waals surface area contributed by atoms with E-state index in [1.54, 1.807) is 12.2 Å². The van der Waals surface area contributed by atoms with E-state index in [-0.39, 0.29) is 6.04 Å². The maximum absolute atomic E-state index is 5.90. The lowest BCUT2D eigenvalue weighted by molar-refractivity contribution is 0.627. The lowest BCUT2D eigenvalue weighted by atomic mass is 10.0. The molecule has 1 atom stereocenters. The first-order valence-electron chi connectivity index (χ1n) is 6.29. The largest absolute Gasteiger partial charge is 0.399 e. The first kappa shape index (κ1) is 13.1. The maximum Gasteiger partial charge on any atom is 0.132 e. The van der Waals surface area contributed by atoms with Crippen LogP contribution in [0.5, 0.6) is 0 Å². The molecule has 0 fully saturated rings. The molecule has 0 aromatic heterocycles. The second-order valence-electron chi connectivity index (χ2n) is 4.53. The summed E-state index contributed by atoms with van der Waals surface area (Å²) in [5, 5.41) is 0. The molecule has 0 aromatic carbocycles. The number of amidine groups is 1. The Balaban J connectivity index is 2.23. The maximum atomic E-state index is 5.90. The molecule has 0 amide bonds. The SMILES string of the molecule is C=C/C(N)=C(\C=C)CC1C=C(C)N2C=CC=CC2=N1. The molecule has 1 unspecified atom stereocenters. The molecular weight excluding hydrogens is 234 g/mol. The van der Waals surface area contributed by atoms with Gasteiger partial charge in [0.25, 0.3) is 0 Å². The molecule has 2 aliphatic heterocycles. The summed E-state index contributed by atoms with van der Waals surface area (Å²) in [5.41, 5.74) is 8.73. The summed E-state index contributed by atoms with van der Waals surface area (Å²) in [4.78, 5) is 6.79. The highest BCUT2D eigenvalue weighted by molar-refractivity contribution is 5.97. The molecular formula is C16H19N3. The quantitative estimate of drug-likeness (QED) is 0.782. The summed E-state index contributed by atoms with van der Waals surface area (Å²) >= 11 is 0. The third-order valence-electron chi connectivity index (χ3n) is 3.22. The van der Waals surface area contributed by atoms with Gasteiger partial charge >= 0.3 is 0 Å². The van der Waals surface area contributed by atoms with Crippen LogP contribution in [0.25, 0.3) is 0 Å². The first-order valence-corrected chi connectivity index (χ1v) is 6.29. The zero-order valence-corrected chi connectivity index (χ0v) is 11.2. The molecule has 0 saturated carbocycles. The van der Waals surface area contributed by atoms with Crippen LogP contribution in [0.15, 0.2) is 77.8 Å². The van der Waals surface area contributed by atoms with Gasteiger partial charge in [0.05, 0.1) is 6.04 Å². The second-order valence-corrected chi connectivity index (χ2v) is 4.53. The molecule has 0 aliphatic carbocycles. The molecule has 2 aliphatic rings. The van der Waals surface area contributed by atoms with Gasteiger partial charge in [-0.15, -0.1) is 0 Å². The zero-order valence-electron chi connectivity index (χ0n) is 11.2. The number of nitrogens with two attached hydrogens (primary N) is 1. The van der Waals surface area contributed by atoms with Crippen molar-refractivity contribution < 1.29 is 0 Å². The zero-order chi connectivity index (χ0) is 13.8. The van der Waals surface area contributed by atoms with E-state index in [4.69, 9.17) is 10.7 Å². The average Bonchev–Trinajstić information content (AvgIpc) is 2.44. The van der Waals surface area contributed by atoms with Gasteiger partial charge in [0, 0.05) is 24.0 Å². The fourth-order valence-electron chi connectivity index (χ4n) is 2.18. The second kappa shape index (κ2) is 5.57. The van der Waals surface area contributed by atoms with Gasteiger partial charge in [-0.1, -0.05) is 25.3 Å². The minimum atomic E-state index is 0.0916. The van der Waals surface area contributed by atoms with Crippen molar-refractivity contribution in [2.24, 2.45) is 10.7 Å². The summed E-state index contributed by atoms with van der Waals surface area (Å²) in [7, 11) is 0. The van der Waals surface area contributed by atoms with E-state index >= 15 is 0 Å². The van der Waals surface area contributed by atoms with Gasteiger partial charge in [-0.25, -0.2) is 0 Å². The Bertz CT molecular complexity index is 544. The molecule has 0 aromatic rings. The predicted molar refractivity (Wildman–Crippen MR) is 81.3 cm³/mol. The molecule has 2 N–H and O–H groups in total. The van der Waals surface area contributed by atoms with E-state index in [9.17, 15) is 0 Å². The summed E-state index contributed by atoms with van der Waals surface area (Å²) < 4.78 is 0. The van der Waals surface area contributed by atoms with Crippen LogP contribution in [-0.4, -0.2) is 16.8 Å². The Labute approximate surface area is 114 Å². The first-order chi connectivity index (χ1) is 9.15. The lowest BCUT2D eigenvalue weighted by Gasteiger charge is -2.29. The molecule has 0 bridgehead atoms. The number of allylic oxidation sites excluding steroid dienone is 5. The van der Waals surface area contributed by atoms with Gasteiger partial charge in [-0.05, 0) is 36.8 Å². The van der Waals surface area contributed by atoms with Gasteiger partial charge < -0.3 is 10.6 Å². The van der Waals surface area contributed by atoms with Crippen molar-refractivity contribution in [2.45, 2.75) is 19.4 Å². The van der Waals surface area contributed by atoms with E-state index in [2.05, 4.69) is 31.1 Å². The van der Waals surface area contributed by atoms with Crippen molar-refractivity contribution in [3.05, 3.63) is 72.8 Å². The van der Waals surface area contributed by atoms with E-state index in [0.717, 1.165) is 17.8 Å². The number of hydrogen-bond donors (Lipinski definition) is 1. The number of aliphatic imine (C=N–C) groups is 1. The van der Waals surface area contributed by atoms with E-state index in [0.29, 0.717) is 5.70 Å². The molecule has 19 heavy (non-hydrogen) atoms. The summed E-state index contributed by atoms with van der Waals surface area (Å²) in [6, 6.07) is 0.0916. The van der Waals surface area contributed by atoms with Gasteiger partial charge in [0.2, 0.25) is 0 Å². The summed E-state index contributed by atoms with van der Waals surface area (Å²) in [5.74, 6) is 0.966. The van der Waals surface area contributed by atoms with Gasteiger partial charge in [0.15, 0.2) is 0 Å². The normalized spacial score (nSPS) is 22.2. The van der Waals surface area contributed by atoms with E-state index in [1.165, 1.54) is 5.70 Å². The Hall–Kier alpha value is -2.29. The fourth-order valence-corrected chi connectivity index (χ4v) is 2.18. The van der Waals surface area contributed by atoms with Crippen LogP contribution >= 0.6 is 0 Å². The van der Waals surface area contributed by atoms with Crippen molar-refractivity contribution in [3.8, 4) is 0 Å². The molecule has 3 heteroatoms. The Morgan fingerprint density at radius 1 is 1.42 bits per heavy atom. The molecule has 0 spiro atoms. The summed E-state index contributed by atoms with van der Waals surface area (Å²) in [6.45, 7) is 9.58. The fraction of sp³-hybridized carbons (Fsp3) is 0.188. The van der Waals surface area contributed by atoms with Crippen LogP contribution in [0.3, 0.4) is 0 Å². The van der Waals surface area contributed by atoms with Crippen molar-refractivity contribution in [1.29, 1.82) is 0 Å². The highest BCUT2D eigenvalue weighted by Gasteiger charge is 2.19. The summed E-state index contributed by atoms with van der Waals surface area (Å²) in [6.07, 6.45) is 14.3. The molecule has 2 heterocycles. The molecule has 0 saturated heterocycles. The lowest BCUT2D eigenvalue weighted by Crippen LogP contribution is -2.30. The Kier molecular flexibility index (Phi) is 3.85. The van der Waals surface area contributed by atoms with Gasteiger partial charge in [0.1, 0.15) is 5.84 Å². The predicted octanol–water partition coefficient (Wildman–Crippen LogP) is 3.03. The van der Waals surface area contributed by atoms with Crippen LogP contribution in [0.4, 0.5) is 0 Å². The standard InChI is InChI=1S/C16H19N3/c1-4-13(15(17)5-2)11-14-10-12(3)19-9-7-6-8-16(19)18-14/h4-10,14H,1-2,11,17H2,3H3/b15-13-. The number of rotatable bonds is 4. The smallest absolute Gasteiger partial charge is 0.132 e. The average molecular weight is 253 g/mol. The van der Waals surface area contributed by atoms with Crippen molar-refractivity contribution in [1.82, 2.24) is 4.90 Å². The van der Waals surface area contributed by atoms with Crippen LogP contribution in [0.1, 0.15) is 13.3 Å². The monoisotopic (exact) mass is 253 g/mol. The van der Waals surface area contributed by atoms with Crippen molar-refractivity contribution >= 4 is 5.84 Å². The number of hydrogen-bond acceptors (Lipinski definition) is 3. The van der Waals surface area contributed by atoms with Gasteiger partial charge in [-0.3, -0.25) is 4.99 Å². The topological polar surface area (TPSA) is 41.6 Å². The minimum absolute atomic E-state index is 0.0916. The van der Waals surface area contributed by atoms with Crippen LogP contribution in [0, 0.1) is 0 Å². The molecule has 0 radical (unpaired) electrons. The van der Waals surface area contributed by atoms with Crippen molar-refractivity contribution in [2.75, 3.05) is 0 Å². The molecule has 2 rings (SSSR count). The molecule has 98 valence electrons. The highest BCUT2D eigenvalue weighted by atomic mass is 15.2. The highest BCUT2D eigenvalue weighted by Crippen LogP contribution is 2.23. The number of fused-ring (bicyclic) bond motifs is 1.